The quantitative estimate of drug-likeness (QED) is 0.570. The molecule has 3 heteroatoms. The van der Waals surface area contributed by atoms with Crippen LogP contribution in [0.5, 0.6) is 0 Å². The molecule has 3 nitrogen and oxygen atoms in total. The smallest absolute Gasteiger partial charge is 0.130 e. The Morgan fingerprint density at radius 3 is 2.60 bits per heavy atom. The zero-order valence-electron chi connectivity index (χ0n) is 13.5. The Morgan fingerprint density at radius 1 is 1.10 bits per heavy atom. The van der Waals surface area contributed by atoms with Gasteiger partial charge in [0.15, 0.2) is 0 Å². The summed E-state index contributed by atoms with van der Waals surface area (Å²) >= 11 is 0. The van der Waals surface area contributed by atoms with Crippen LogP contribution in [0.1, 0.15) is 69.5 Å². The van der Waals surface area contributed by atoms with Gasteiger partial charge in [-0.25, -0.2) is 0 Å². The van der Waals surface area contributed by atoms with Crippen molar-refractivity contribution in [2.45, 2.75) is 72.4 Å². The number of nitrogens with one attached hydrogen (secondary N) is 1. The maximum Gasteiger partial charge on any atom is 0.130 e. The number of aryl methyl sites for hydroxylation is 1. The van der Waals surface area contributed by atoms with Crippen molar-refractivity contribution in [2.24, 2.45) is 0 Å². The predicted octanol–water partition coefficient (Wildman–Crippen LogP) is 4.57. The fraction of sp³-hybridized carbons (Fsp3) is 0.765. The second-order valence-corrected chi connectivity index (χ2v) is 5.39. The molecule has 0 aromatic carbocycles. The molecule has 0 aliphatic heterocycles. The predicted molar refractivity (Wildman–Crippen MR) is 83.9 cm³/mol. The third-order valence-corrected chi connectivity index (χ3v) is 3.52. The lowest BCUT2D eigenvalue weighted by atomic mass is 10.1. The molecule has 1 heterocycles. The van der Waals surface area contributed by atoms with Crippen LogP contribution in [0.2, 0.25) is 0 Å². The standard InChI is InChI=1S/C17H31NO2/c1-4-6-7-8-9-10-11-19-14-17-12-16(13-18-5-2)15(3)20-17/h12,18H,4-11,13-14H2,1-3H3. The SMILES string of the molecule is CCCCCCCCOCc1cc(CNCC)c(C)o1. The molecule has 0 spiro atoms. The second kappa shape index (κ2) is 10.9. The molecule has 0 aliphatic rings. The lowest BCUT2D eigenvalue weighted by Gasteiger charge is -2.02. The summed E-state index contributed by atoms with van der Waals surface area (Å²) in [5.41, 5.74) is 1.24. The lowest BCUT2D eigenvalue weighted by Crippen LogP contribution is -2.11. The van der Waals surface area contributed by atoms with E-state index in [0.717, 1.165) is 37.6 Å². The summed E-state index contributed by atoms with van der Waals surface area (Å²) in [7, 11) is 0. The van der Waals surface area contributed by atoms with Crippen molar-refractivity contribution < 1.29 is 9.15 Å². The first-order valence-electron chi connectivity index (χ1n) is 8.14. The summed E-state index contributed by atoms with van der Waals surface area (Å²) < 4.78 is 11.4. The van der Waals surface area contributed by atoms with Crippen LogP contribution in [0.15, 0.2) is 10.5 Å². The maximum absolute atomic E-state index is 5.71. The number of unbranched alkanes of at least 4 members (excludes halogenated alkanes) is 5. The molecule has 0 radical (unpaired) electrons. The monoisotopic (exact) mass is 281 g/mol. The van der Waals surface area contributed by atoms with Crippen LogP contribution >= 0.6 is 0 Å². The zero-order chi connectivity index (χ0) is 14.6. The van der Waals surface area contributed by atoms with Gasteiger partial charge in [-0.3, -0.25) is 0 Å². The highest BCUT2D eigenvalue weighted by Crippen LogP contribution is 2.15. The first kappa shape index (κ1) is 17.3. The largest absolute Gasteiger partial charge is 0.464 e. The van der Waals surface area contributed by atoms with Crippen molar-refractivity contribution in [1.29, 1.82) is 0 Å². The Hall–Kier alpha value is -0.800. The van der Waals surface area contributed by atoms with Gasteiger partial charge in [0.2, 0.25) is 0 Å². The highest BCUT2D eigenvalue weighted by atomic mass is 16.5. The first-order valence-corrected chi connectivity index (χ1v) is 8.14. The molecule has 116 valence electrons. The Kier molecular flexibility index (Phi) is 9.42. The molecular formula is C17H31NO2. The second-order valence-electron chi connectivity index (χ2n) is 5.39. The van der Waals surface area contributed by atoms with Crippen LogP contribution in [0.25, 0.3) is 0 Å². The Bertz CT molecular complexity index is 347. The van der Waals surface area contributed by atoms with Gasteiger partial charge in [0, 0.05) is 18.7 Å². The fourth-order valence-corrected chi connectivity index (χ4v) is 2.25. The average Bonchev–Trinajstić information content (AvgIpc) is 2.80. The molecule has 1 aromatic rings. The normalized spacial score (nSPS) is 11.2. The maximum atomic E-state index is 5.71. The van der Waals surface area contributed by atoms with E-state index in [2.05, 4.69) is 25.2 Å². The van der Waals surface area contributed by atoms with Crippen LogP contribution in [0.3, 0.4) is 0 Å². The van der Waals surface area contributed by atoms with E-state index in [4.69, 9.17) is 9.15 Å². The van der Waals surface area contributed by atoms with Crippen molar-refractivity contribution >= 4 is 0 Å². The van der Waals surface area contributed by atoms with Gasteiger partial charge >= 0.3 is 0 Å². The van der Waals surface area contributed by atoms with Crippen molar-refractivity contribution in [2.75, 3.05) is 13.2 Å². The highest BCUT2D eigenvalue weighted by molar-refractivity contribution is 5.20. The Morgan fingerprint density at radius 2 is 1.85 bits per heavy atom. The number of ether oxygens (including phenoxy) is 1. The highest BCUT2D eigenvalue weighted by Gasteiger charge is 2.06. The molecule has 0 saturated heterocycles. The minimum absolute atomic E-state index is 0.599. The van der Waals surface area contributed by atoms with E-state index in [1.54, 1.807) is 0 Å². The summed E-state index contributed by atoms with van der Waals surface area (Å²) in [6.07, 6.45) is 7.81. The van der Waals surface area contributed by atoms with Gasteiger partial charge in [0.25, 0.3) is 0 Å². The van der Waals surface area contributed by atoms with Crippen molar-refractivity contribution in [3.8, 4) is 0 Å². The Balaban J connectivity index is 2.09. The molecule has 0 saturated carbocycles. The molecule has 0 atom stereocenters. The van der Waals surface area contributed by atoms with Crippen LogP contribution in [0, 0.1) is 6.92 Å². The van der Waals surface area contributed by atoms with Gasteiger partial charge in [-0.05, 0) is 26.0 Å². The molecule has 0 aliphatic carbocycles. The lowest BCUT2D eigenvalue weighted by molar-refractivity contribution is 0.102. The van der Waals surface area contributed by atoms with Gasteiger partial charge in [0.1, 0.15) is 18.1 Å². The zero-order valence-corrected chi connectivity index (χ0v) is 13.5. The molecular weight excluding hydrogens is 250 g/mol. The van der Waals surface area contributed by atoms with Crippen molar-refractivity contribution in [1.82, 2.24) is 5.32 Å². The van der Waals surface area contributed by atoms with E-state index in [1.165, 1.54) is 37.7 Å². The number of hydrogen-bond donors (Lipinski definition) is 1. The van der Waals surface area contributed by atoms with E-state index >= 15 is 0 Å². The van der Waals surface area contributed by atoms with E-state index < -0.39 is 0 Å². The number of hydrogen-bond acceptors (Lipinski definition) is 3. The van der Waals surface area contributed by atoms with Crippen molar-refractivity contribution in [3.05, 3.63) is 23.2 Å². The summed E-state index contributed by atoms with van der Waals surface area (Å²) in [6.45, 7) is 9.68. The van der Waals surface area contributed by atoms with E-state index in [0.29, 0.717) is 6.61 Å². The minimum atomic E-state index is 0.599. The van der Waals surface area contributed by atoms with Crippen LogP contribution < -0.4 is 5.32 Å². The van der Waals surface area contributed by atoms with Crippen molar-refractivity contribution in [3.63, 3.8) is 0 Å². The Labute approximate surface area is 124 Å². The van der Waals surface area contributed by atoms with E-state index in [9.17, 15) is 0 Å². The van der Waals surface area contributed by atoms with Crippen LogP contribution in [-0.2, 0) is 17.9 Å². The first-order chi connectivity index (χ1) is 9.77. The molecule has 1 aromatic heterocycles. The molecule has 1 N–H and O–H groups in total. The van der Waals surface area contributed by atoms with Gasteiger partial charge < -0.3 is 14.5 Å². The molecule has 20 heavy (non-hydrogen) atoms. The van der Waals surface area contributed by atoms with Gasteiger partial charge in [-0.15, -0.1) is 0 Å². The fourth-order valence-electron chi connectivity index (χ4n) is 2.25. The van der Waals surface area contributed by atoms with E-state index in [-0.39, 0.29) is 0 Å². The van der Waals surface area contributed by atoms with Gasteiger partial charge in [-0.1, -0.05) is 46.0 Å². The average molecular weight is 281 g/mol. The number of rotatable bonds is 12. The summed E-state index contributed by atoms with van der Waals surface area (Å²) in [5, 5.41) is 3.32. The third-order valence-electron chi connectivity index (χ3n) is 3.52. The summed E-state index contributed by atoms with van der Waals surface area (Å²) in [5.74, 6) is 1.95. The third kappa shape index (κ3) is 7.11. The number of furan rings is 1. The van der Waals surface area contributed by atoms with E-state index in [1.807, 2.05) is 6.92 Å². The van der Waals surface area contributed by atoms with Gasteiger partial charge in [-0.2, -0.15) is 0 Å². The van der Waals surface area contributed by atoms with Crippen LogP contribution in [-0.4, -0.2) is 13.2 Å². The summed E-state index contributed by atoms with van der Waals surface area (Å²) in [6, 6.07) is 2.11. The molecule has 1 rings (SSSR count). The van der Waals surface area contributed by atoms with Crippen LogP contribution in [0.4, 0.5) is 0 Å². The molecule has 0 fully saturated rings. The molecule has 0 unspecified atom stereocenters. The molecule has 0 amide bonds. The van der Waals surface area contributed by atoms with Gasteiger partial charge in [0.05, 0.1) is 0 Å². The molecule has 0 bridgehead atoms. The summed E-state index contributed by atoms with van der Waals surface area (Å²) in [4.78, 5) is 0. The minimum Gasteiger partial charge on any atom is -0.464 e. The topological polar surface area (TPSA) is 34.4 Å².